The number of carboxylic acids is 1. The van der Waals surface area contributed by atoms with Crippen LogP contribution in [0.25, 0.3) is 0 Å². The van der Waals surface area contributed by atoms with Crippen LogP contribution in [0.1, 0.15) is 12.8 Å². The molecule has 1 aliphatic rings. The van der Waals surface area contributed by atoms with Gasteiger partial charge in [0.25, 0.3) is 0 Å². The van der Waals surface area contributed by atoms with Crippen molar-refractivity contribution < 1.29 is 28.9 Å². The van der Waals surface area contributed by atoms with Crippen LogP contribution in [0.4, 0.5) is 4.79 Å². The van der Waals surface area contributed by atoms with Crippen LogP contribution in [0.15, 0.2) is 0 Å². The standard InChI is InChI=1S/C12H22N2O6/c1-18-7-8-19-5-2-4-13-11(17)14-12(10(15)16)3-6-20-9-12/h2-9H2,1H3,(H,15,16)(H2,13,14,17). The Labute approximate surface area is 117 Å². The molecule has 1 fully saturated rings. The lowest BCUT2D eigenvalue weighted by Gasteiger charge is -2.23. The van der Waals surface area contributed by atoms with Gasteiger partial charge in [0.1, 0.15) is 0 Å². The minimum Gasteiger partial charge on any atom is -0.479 e. The molecular weight excluding hydrogens is 268 g/mol. The quantitative estimate of drug-likeness (QED) is 0.498. The topological polar surface area (TPSA) is 106 Å². The maximum atomic E-state index is 11.6. The van der Waals surface area contributed by atoms with Crippen molar-refractivity contribution in [3.8, 4) is 0 Å². The summed E-state index contributed by atoms with van der Waals surface area (Å²) >= 11 is 0. The van der Waals surface area contributed by atoms with Gasteiger partial charge in [0.15, 0.2) is 5.54 Å². The molecule has 1 unspecified atom stereocenters. The second-order valence-corrected chi connectivity index (χ2v) is 4.53. The lowest BCUT2D eigenvalue weighted by atomic mass is 9.99. The molecule has 1 atom stereocenters. The molecule has 0 aliphatic carbocycles. The van der Waals surface area contributed by atoms with E-state index in [1.165, 1.54) is 0 Å². The van der Waals surface area contributed by atoms with E-state index in [2.05, 4.69) is 10.6 Å². The number of nitrogens with one attached hydrogen (secondary N) is 2. The third-order valence-electron chi connectivity index (χ3n) is 2.97. The summed E-state index contributed by atoms with van der Waals surface area (Å²) in [5, 5.41) is 14.2. The number of hydrogen-bond acceptors (Lipinski definition) is 5. The molecule has 0 spiro atoms. The Morgan fingerprint density at radius 1 is 1.35 bits per heavy atom. The number of amides is 2. The van der Waals surface area contributed by atoms with E-state index in [0.717, 1.165) is 0 Å². The zero-order valence-corrected chi connectivity index (χ0v) is 11.6. The maximum absolute atomic E-state index is 11.6. The molecule has 0 aromatic carbocycles. The van der Waals surface area contributed by atoms with Gasteiger partial charge in [-0.15, -0.1) is 0 Å². The Kier molecular flexibility index (Phi) is 7.27. The highest BCUT2D eigenvalue weighted by molar-refractivity contribution is 5.86. The Morgan fingerprint density at radius 2 is 2.15 bits per heavy atom. The molecule has 8 nitrogen and oxygen atoms in total. The second-order valence-electron chi connectivity index (χ2n) is 4.53. The van der Waals surface area contributed by atoms with E-state index >= 15 is 0 Å². The third-order valence-corrected chi connectivity index (χ3v) is 2.97. The van der Waals surface area contributed by atoms with Crippen LogP contribution in [-0.2, 0) is 19.0 Å². The van der Waals surface area contributed by atoms with Crippen molar-refractivity contribution in [3.05, 3.63) is 0 Å². The lowest BCUT2D eigenvalue weighted by molar-refractivity contribution is -0.144. The van der Waals surface area contributed by atoms with Crippen molar-refractivity contribution in [1.82, 2.24) is 10.6 Å². The second kappa shape index (κ2) is 8.72. The number of aliphatic carboxylic acids is 1. The van der Waals surface area contributed by atoms with E-state index in [-0.39, 0.29) is 13.0 Å². The molecule has 3 N–H and O–H groups in total. The first-order valence-corrected chi connectivity index (χ1v) is 6.54. The molecule has 0 aromatic rings. The van der Waals surface area contributed by atoms with Gasteiger partial charge < -0.3 is 30.0 Å². The van der Waals surface area contributed by atoms with Crippen molar-refractivity contribution in [3.63, 3.8) is 0 Å². The average Bonchev–Trinajstić information content (AvgIpc) is 2.87. The summed E-state index contributed by atoms with van der Waals surface area (Å²) in [6.07, 6.45) is 0.920. The number of ether oxygens (including phenoxy) is 3. The largest absolute Gasteiger partial charge is 0.479 e. The maximum Gasteiger partial charge on any atom is 0.332 e. The summed E-state index contributed by atoms with van der Waals surface area (Å²) in [6.45, 7) is 2.30. The number of methoxy groups -OCH3 is 1. The number of carbonyl (C=O) groups is 2. The van der Waals surface area contributed by atoms with Gasteiger partial charge in [-0.2, -0.15) is 0 Å². The molecule has 116 valence electrons. The highest BCUT2D eigenvalue weighted by Crippen LogP contribution is 2.18. The number of urea groups is 1. The summed E-state index contributed by atoms with van der Waals surface area (Å²) in [4.78, 5) is 22.8. The molecule has 20 heavy (non-hydrogen) atoms. The van der Waals surface area contributed by atoms with E-state index < -0.39 is 17.5 Å². The molecule has 8 heteroatoms. The zero-order chi connectivity index (χ0) is 14.8. The number of carbonyl (C=O) groups excluding carboxylic acids is 1. The normalized spacial score (nSPS) is 21.6. The molecule has 1 rings (SSSR count). The SMILES string of the molecule is COCCOCCCNC(=O)NC1(C(=O)O)CCOC1. The summed E-state index contributed by atoms with van der Waals surface area (Å²) in [5.74, 6) is -1.08. The zero-order valence-electron chi connectivity index (χ0n) is 11.6. The lowest BCUT2D eigenvalue weighted by Crippen LogP contribution is -2.57. The average molecular weight is 290 g/mol. The van der Waals surface area contributed by atoms with Crippen LogP contribution >= 0.6 is 0 Å². The minimum atomic E-state index is -1.31. The van der Waals surface area contributed by atoms with E-state index in [9.17, 15) is 9.59 Å². The number of carboxylic acid groups (broad SMARTS) is 1. The van der Waals surface area contributed by atoms with Crippen molar-refractivity contribution in [2.75, 3.05) is 46.7 Å². The van der Waals surface area contributed by atoms with Gasteiger partial charge >= 0.3 is 12.0 Å². The summed E-state index contributed by atoms with van der Waals surface area (Å²) < 4.78 is 15.1. The molecule has 1 heterocycles. The van der Waals surface area contributed by atoms with Crippen LogP contribution in [0.3, 0.4) is 0 Å². The molecule has 0 aromatic heterocycles. The van der Waals surface area contributed by atoms with Crippen molar-refractivity contribution in [1.29, 1.82) is 0 Å². The van der Waals surface area contributed by atoms with Crippen LogP contribution in [0, 0.1) is 0 Å². The predicted octanol–water partition coefficient (Wildman–Crippen LogP) is -0.418. The molecule has 0 radical (unpaired) electrons. The van der Waals surface area contributed by atoms with Gasteiger partial charge in [0.05, 0.1) is 19.8 Å². The highest BCUT2D eigenvalue weighted by atomic mass is 16.5. The smallest absolute Gasteiger partial charge is 0.332 e. The van der Waals surface area contributed by atoms with Crippen molar-refractivity contribution in [2.24, 2.45) is 0 Å². The first kappa shape index (κ1) is 16.7. The van der Waals surface area contributed by atoms with E-state index in [4.69, 9.17) is 19.3 Å². The predicted molar refractivity (Wildman–Crippen MR) is 69.6 cm³/mol. The van der Waals surface area contributed by atoms with Crippen molar-refractivity contribution >= 4 is 12.0 Å². The van der Waals surface area contributed by atoms with Gasteiger partial charge in [-0.3, -0.25) is 0 Å². The van der Waals surface area contributed by atoms with Gasteiger partial charge in [0, 0.05) is 33.3 Å². The first-order chi connectivity index (χ1) is 9.60. The monoisotopic (exact) mass is 290 g/mol. The Balaban J connectivity index is 2.15. The first-order valence-electron chi connectivity index (χ1n) is 6.54. The molecular formula is C12H22N2O6. The molecule has 1 saturated heterocycles. The molecule has 2 amide bonds. The fourth-order valence-corrected chi connectivity index (χ4v) is 1.77. The van der Waals surface area contributed by atoms with E-state index in [0.29, 0.717) is 39.4 Å². The minimum absolute atomic E-state index is 0.00409. The molecule has 0 saturated carbocycles. The Morgan fingerprint density at radius 3 is 2.75 bits per heavy atom. The van der Waals surface area contributed by atoms with E-state index in [1.807, 2.05) is 0 Å². The van der Waals surface area contributed by atoms with Crippen LogP contribution < -0.4 is 10.6 Å². The van der Waals surface area contributed by atoms with Crippen LogP contribution in [0.5, 0.6) is 0 Å². The van der Waals surface area contributed by atoms with Gasteiger partial charge in [-0.1, -0.05) is 0 Å². The highest BCUT2D eigenvalue weighted by Gasteiger charge is 2.43. The van der Waals surface area contributed by atoms with Crippen LogP contribution in [0.2, 0.25) is 0 Å². The van der Waals surface area contributed by atoms with E-state index in [1.54, 1.807) is 7.11 Å². The molecule has 1 aliphatic heterocycles. The summed E-state index contributed by atoms with van der Waals surface area (Å²) in [6, 6.07) is -0.505. The van der Waals surface area contributed by atoms with Gasteiger partial charge in [-0.05, 0) is 6.42 Å². The number of rotatable bonds is 9. The number of hydrogen-bond donors (Lipinski definition) is 3. The Hall–Kier alpha value is -1.38. The fraction of sp³-hybridized carbons (Fsp3) is 0.833. The molecule has 0 bridgehead atoms. The third kappa shape index (κ3) is 5.32. The summed E-state index contributed by atoms with van der Waals surface area (Å²) in [5.41, 5.74) is -1.31. The van der Waals surface area contributed by atoms with Gasteiger partial charge in [0.2, 0.25) is 0 Å². The summed E-state index contributed by atoms with van der Waals surface area (Å²) in [7, 11) is 1.60. The fourth-order valence-electron chi connectivity index (χ4n) is 1.77. The van der Waals surface area contributed by atoms with Gasteiger partial charge in [-0.25, -0.2) is 9.59 Å². The Bertz CT molecular complexity index is 317. The van der Waals surface area contributed by atoms with Crippen LogP contribution in [-0.4, -0.2) is 69.3 Å². The van der Waals surface area contributed by atoms with Crippen molar-refractivity contribution in [2.45, 2.75) is 18.4 Å².